The molecule has 0 saturated carbocycles. The van der Waals surface area contributed by atoms with E-state index in [1.807, 2.05) is 80.6 Å². The first kappa shape index (κ1) is 26.0. The van der Waals surface area contributed by atoms with Gasteiger partial charge >= 0.3 is 0 Å². The SMILES string of the molecule is Cc1ccc(N(Cc2ccc(NC(=O)c3ccccc3OCc3ccccc3)cc2)S(C)(=O)=O)cc1C. The second-order valence-electron chi connectivity index (χ2n) is 8.96. The standard InChI is InChI=1S/C30H30N2O4S/c1-22-13-18-27(19-23(22)2)32(37(3,34)35)20-24-14-16-26(17-15-24)31-30(33)28-11-7-8-12-29(28)36-21-25-9-5-4-6-10-25/h4-19H,20-21H2,1-3H3,(H,31,33). The Morgan fingerprint density at radius 1 is 0.811 bits per heavy atom. The Bertz CT molecular complexity index is 1480. The zero-order valence-electron chi connectivity index (χ0n) is 21.1. The third-order valence-corrected chi connectivity index (χ3v) is 7.23. The lowest BCUT2D eigenvalue weighted by molar-refractivity contribution is 0.102. The number of aryl methyl sites for hydroxylation is 2. The smallest absolute Gasteiger partial charge is 0.259 e. The lowest BCUT2D eigenvalue weighted by Crippen LogP contribution is -2.29. The number of anilines is 2. The normalized spacial score (nSPS) is 11.1. The molecule has 0 atom stereocenters. The maximum absolute atomic E-state index is 13.0. The average molecular weight is 515 g/mol. The average Bonchev–Trinajstić information content (AvgIpc) is 2.89. The fourth-order valence-electron chi connectivity index (χ4n) is 3.85. The monoisotopic (exact) mass is 514 g/mol. The van der Waals surface area contributed by atoms with E-state index >= 15 is 0 Å². The number of sulfonamides is 1. The van der Waals surface area contributed by atoms with Gasteiger partial charge in [0.15, 0.2) is 0 Å². The summed E-state index contributed by atoms with van der Waals surface area (Å²) in [5, 5.41) is 2.90. The van der Waals surface area contributed by atoms with E-state index in [1.54, 1.807) is 30.3 Å². The van der Waals surface area contributed by atoms with Crippen LogP contribution in [0.2, 0.25) is 0 Å². The summed E-state index contributed by atoms with van der Waals surface area (Å²) in [5.41, 5.74) is 5.59. The highest BCUT2D eigenvalue weighted by molar-refractivity contribution is 7.92. The van der Waals surface area contributed by atoms with Crippen LogP contribution in [0.15, 0.2) is 97.1 Å². The fraction of sp³-hybridized carbons (Fsp3) is 0.167. The van der Waals surface area contributed by atoms with E-state index in [0.29, 0.717) is 29.3 Å². The van der Waals surface area contributed by atoms with Crippen molar-refractivity contribution in [3.05, 3.63) is 125 Å². The van der Waals surface area contributed by atoms with Gasteiger partial charge in [0.05, 0.1) is 24.1 Å². The zero-order valence-corrected chi connectivity index (χ0v) is 22.0. The Hall–Kier alpha value is -4.10. The van der Waals surface area contributed by atoms with Crippen LogP contribution < -0.4 is 14.4 Å². The highest BCUT2D eigenvalue weighted by atomic mass is 32.2. The second-order valence-corrected chi connectivity index (χ2v) is 10.9. The molecule has 0 bridgehead atoms. The van der Waals surface area contributed by atoms with Crippen molar-refractivity contribution in [2.45, 2.75) is 27.0 Å². The molecule has 4 aromatic rings. The summed E-state index contributed by atoms with van der Waals surface area (Å²) in [4.78, 5) is 13.0. The van der Waals surface area contributed by atoms with E-state index in [-0.39, 0.29) is 12.5 Å². The van der Waals surface area contributed by atoms with Gasteiger partial charge in [-0.3, -0.25) is 9.10 Å². The summed E-state index contributed by atoms with van der Waals surface area (Å²) in [6.07, 6.45) is 1.20. The minimum Gasteiger partial charge on any atom is -0.488 e. The van der Waals surface area contributed by atoms with Gasteiger partial charge in [0.25, 0.3) is 5.91 Å². The van der Waals surface area contributed by atoms with E-state index in [2.05, 4.69) is 5.32 Å². The number of amides is 1. The first-order valence-corrected chi connectivity index (χ1v) is 13.8. The van der Waals surface area contributed by atoms with Crippen molar-refractivity contribution < 1.29 is 17.9 Å². The molecule has 0 radical (unpaired) electrons. The molecule has 0 heterocycles. The summed E-state index contributed by atoms with van der Waals surface area (Å²) in [6.45, 7) is 4.50. The van der Waals surface area contributed by atoms with Crippen LogP contribution in [-0.2, 0) is 23.2 Å². The Labute approximate surface area is 218 Å². The van der Waals surface area contributed by atoms with Crippen LogP contribution in [0.3, 0.4) is 0 Å². The van der Waals surface area contributed by atoms with Crippen molar-refractivity contribution in [2.24, 2.45) is 0 Å². The Morgan fingerprint density at radius 2 is 1.49 bits per heavy atom. The van der Waals surface area contributed by atoms with Gasteiger partial charge in [-0.25, -0.2) is 8.42 Å². The number of ether oxygens (including phenoxy) is 1. The molecule has 4 aromatic carbocycles. The number of nitrogens with one attached hydrogen (secondary N) is 1. The third-order valence-electron chi connectivity index (χ3n) is 6.09. The largest absolute Gasteiger partial charge is 0.488 e. The number of carbonyl (C=O) groups is 1. The number of hydrogen-bond acceptors (Lipinski definition) is 4. The molecule has 0 fully saturated rings. The topological polar surface area (TPSA) is 75.7 Å². The number of rotatable bonds is 9. The zero-order chi connectivity index (χ0) is 26.4. The lowest BCUT2D eigenvalue weighted by atomic mass is 10.1. The molecule has 0 spiro atoms. The molecule has 37 heavy (non-hydrogen) atoms. The number of para-hydroxylation sites is 1. The highest BCUT2D eigenvalue weighted by Gasteiger charge is 2.19. The summed E-state index contributed by atoms with van der Waals surface area (Å²) in [6, 6.07) is 29.6. The van der Waals surface area contributed by atoms with Crippen LogP contribution >= 0.6 is 0 Å². The van der Waals surface area contributed by atoms with Crippen LogP contribution in [0.4, 0.5) is 11.4 Å². The van der Waals surface area contributed by atoms with Gasteiger partial charge in [0.1, 0.15) is 12.4 Å². The molecule has 7 heteroatoms. The Balaban J connectivity index is 1.46. The molecule has 0 aliphatic carbocycles. The predicted molar refractivity (Wildman–Crippen MR) is 149 cm³/mol. The Kier molecular flexibility index (Phi) is 7.94. The molecule has 0 aliphatic rings. The molecule has 190 valence electrons. The van der Waals surface area contributed by atoms with Crippen LogP contribution in [0.5, 0.6) is 5.75 Å². The molecule has 1 N–H and O–H groups in total. The van der Waals surface area contributed by atoms with Crippen LogP contribution in [0.1, 0.15) is 32.6 Å². The minimum absolute atomic E-state index is 0.186. The molecule has 0 aromatic heterocycles. The van der Waals surface area contributed by atoms with Gasteiger partial charge in [-0.1, -0.05) is 60.7 Å². The van der Waals surface area contributed by atoms with E-state index < -0.39 is 10.0 Å². The van der Waals surface area contributed by atoms with Crippen LogP contribution in [-0.4, -0.2) is 20.6 Å². The molecule has 4 rings (SSSR count). The van der Waals surface area contributed by atoms with E-state index in [9.17, 15) is 13.2 Å². The van der Waals surface area contributed by atoms with Crippen molar-refractivity contribution in [1.82, 2.24) is 0 Å². The summed E-state index contributed by atoms with van der Waals surface area (Å²) in [7, 11) is -3.49. The van der Waals surface area contributed by atoms with Gasteiger partial charge in [0.2, 0.25) is 10.0 Å². The fourth-order valence-corrected chi connectivity index (χ4v) is 4.73. The molecule has 6 nitrogen and oxygen atoms in total. The molecule has 0 saturated heterocycles. The van der Waals surface area contributed by atoms with Gasteiger partial charge in [-0.2, -0.15) is 0 Å². The first-order valence-electron chi connectivity index (χ1n) is 11.9. The molecule has 1 amide bonds. The van der Waals surface area contributed by atoms with Crippen LogP contribution in [0, 0.1) is 13.8 Å². The second kappa shape index (κ2) is 11.3. The quantitative estimate of drug-likeness (QED) is 0.293. The number of benzene rings is 4. The first-order chi connectivity index (χ1) is 17.7. The van der Waals surface area contributed by atoms with E-state index in [4.69, 9.17) is 4.74 Å². The maximum Gasteiger partial charge on any atom is 0.259 e. The van der Waals surface area contributed by atoms with Crippen molar-refractivity contribution >= 4 is 27.3 Å². The molecular formula is C30H30N2O4S. The maximum atomic E-state index is 13.0. The van der Waals surface area contributed by atoms with Gasteiger partial charge < -0.3 is 10.1 Å². The third kappa shape index (κ3) is 6.77. The summed E-state index contributed by atoms with van der Waals surface area (Å²) < 4.78 is 32.4. The summed E-state index contributed by atoms with van der Waals surface area (Å²) >= 11 is 0. The van der Waals surface area contributed by atoms with Gasteiger partial charge in [-0.15, -0.1) is 0 Å². The van der Waals surface area contributed by atoms with Gasteiger partial charge in [-0.05, 0) is 72.5 Å². The van der Waals surface area contributed by atoms with Crippen molar-refractivity contribution in [3.8, 4) is 5.75 Å². The lowest BCUT2D eigenvalue weighted by Gasteiger charge is -2.23. The predicted octanol–water partition coefficient (Wildman–Crippen LogP) is 6.10. The van der Waals surface area contributed by atoms with Gasteiger partial charge in [0, 0.05) is 5.69 Å². The molecule has 0 unspecified atom stereocenters. The van der Waals surface area contributed by atoms with Crippen molar-refractivity contribution in [1.29, 1.82) is 0 Å². The van der Waals surface area contributed by atoms with Crippen LogP contribution in [0.25, 0.3) is 0 Å². The Morgan fingerprint density at radius 3 is 2.16 bits per heavy atom. The minimum atomic E-state index is -3.49. The van der Waals surface area contributed by atoms with Crippen molar-refractivity contribution in [3.63, 3.8) is 0 Å². The molecule has 0 aliphatic heterocycles. The van der Waals surface area contributed by atoms with Crippen molar-refractivity contribution in [2.75, 3.05) is 15.9 Å². The molecular weight excluding hydrogens is 484 g/mol. The van der Waals surface area contributed by atoms with E-state index in [1.165, 1.54) is 10.6 Å². The highest BCUT2D eigenvalue weighted by Crippen LogP contribution is 2.25. The number of nitrogens with zero attached hydrogens (tertiary/aromatic N) is 1. The number of hydrogen-bond donors (Lipinski definition) is 1. The van der Waals surface area contributed by atoms with E-state index in [0.717, 1.165) is 22.3 Å². The summed E-state index contributed by atoms with van der Waals surface area (Å²) in [5.74, 6) is 0.210. The number of carbonyl (C=O) groups excluding carboxylic acids is 1.